The van der Waals surface area contributed by atoms with Crippen LogP contribution in [0.25, 0.3) is 10.9 Å². The largest absolute Gasteiger partial charge is 0.487 e. The second-order valence-corrected chi connectivity index (χ2v) is 7.67. The molecule has 3 aromatic rings. The molecule has 2 heterocycles. The van der Waals surface area contributed by atoms with Gasteiger partial charge in [0.25, 0.3) is 0 Å². The number of aromatic nitrogens is 1. The fourth-order valence-corrected chi connectivity index (χ4v) is 3.85. The number of aliphatic hydroxyl groups is 1. The highest BCUT2D eigenvalue weighted by molar-refractivity contribution is 7.99. The standard InChI is InChI=1S/C21H20F3NO4S.ClH/c22-21(23,24)14-4-5-16-17(10-14)25-7-6-20(16)30-9-3-1-2-8-28-19-13-29-15(12-26)11-18(19)27;/h4-7,10-11,13,26H,1-3,8-9,12H2;1H. The summed E-state index contributed by atoms with van der Waals surface area (Å²) in [6, 6.07) is 6.62. The number of alkyl halides is 3. The van der Waals surface area contributed by atoms with Gasteiger partial charge in [-0.2, -0.15) is 13.2 Å². The quantitative estimate of drug-likeness (QED) is 0.327. The zero-order valence-corrected chi connectivity index (χ0v) is 18.0. The molecule has 2 aromatic heterocycles. The van der Waals surface area contributed by atoms with E-state index in [-0.39, 0.29) is 36.0 Å². The van der Waals surface area contributed by atoms with E-state index in [1.807, 2.05) is 0 Å². The normalized spacial score (nSPS) is 11.4. The summed E-state index contributed by atoms with van der Waals surface area (Å²) >= 11 is 1.57. The Bertz CT molecular complexity index is 1060. The molecule has 10 heteroatoms. The van der Waals surface area contributed by atoms with Crippen molar-refractivity contribution >= 4 is 35.1 Å². The maximum Gasteiger partial charge on any atom is 0.416 e. The lowest BCUT2D eigenvalue weighted by Crippen LogP contribution is -2.09. The molecule has 0 bridgehead atoms. The van der Waals surface area contributed by atoms with Crippen molar-refractivity contribution in [3.63, 3.8) is 0 Å². The van der Waals surface area contributed by atoms with Gasteiger partial charge < -0.3 is 14.3 Å². The van der Waals surface area contributed by atoms with Crippen molar-refractivity contribution in [2.45, 2.75) is 36.9 Å². The third-order valence-corrected chi connectivity index (χ3v) is 5.50. The monoisotopic (exact) mass is 475 g/mol. The third kappa shape index (κ3) is 6.88. The number of fused-ring (bicyclic) bond motifs is 1. The van der Waals surface area contributed by atoms with Crippen LogP contribution in [0.2, 0.25) is 0 Å². The minimum absolute atomic E-state index is 0. The maximum atomic E-state index is 12.9. The van der Waals surface area contributed by atoms with Gasteiger partial charge >= 0.3 is 6.18 Å². The van der Waals surface area contributed by atoms with Crippen molar-refractivity contribution < 1.29 is 27.4 Å². The first-order chi connectivity index (χ1) is 14.4. The Morgan fingerprint density at radius 3 is 2.65 bits per heavy atom. The van der Waals surface area contributed by atoms with Gasteiger partial charge in [0.05, 0.1) is 17.7 Å². The fraction of sp³-hybridized carbons (Fsp3) is 0.333. The number of aliphatic hydroxyl groups excluding tert-OH is 1. The molecular formula is C21H21ClF3NO4S. The number of pyridine rings is 1. The SMILES string of the molecule is Cl.O=c1cc(CO)occ1OCCCCCSc1ccnc2cc(C(F)(F)F)ccc12. The van der Waals surface area contributed by atoms with Crippen LogP contribution in [0, 0.1) is 0 Å². The van der Waals surface area contributed by atoms with Crippen LogP contribution in [0.5, 0.6) is 5.75 Å². The predicted octanol–water partition coefficient (Wildman–Crippen LogP) is 5.46. The Morgan fingerprint density at radius 1 is 1.13 bits per heavy atom. The number of halogens is 4. The first-order valence-electron chi connectivity index (χ1n) is 9.32. The molecule has 0 radical (unpaired) electrons. The third-order valence-electron chi connectivity index (χ3n) is 4.34. The number of hydrogen-bond donors (Lipinski definition) is 1. The van der Waals surface area contributed by atoms with Crippen LogP contribution in [0.15, 0.2) is 56.9 Å². The average Bonchev–Trinajstić information content (AvgIpc) is 2.73. The molecular weight excluding hydrogens is 455 g/mol. The second-order valence-electron chi connectivity index (χ2n) is 6.53. The summed E-state index contributed by atoms with van der Waals surface area (Å²) in [6.45, 7) is 0.0236. The van der Waals surface area contributed by atoms with Gasteiger partial charge in [0.2, 0.25) is 11.2 Å². The molecule has 0 unspecified atom stereocenters. The molecule has 0 fully saturated rings. The predicted molar refractivity (Wildman–Crippen MR) is 115 cm³/mol. The Kier molecular flexibility index (Phi) is 9.21. The molecule has 0 aliphatic rings. The number of hydrogen-bond acceptors (Lipinski definition) is 6. The molecule has 0 saturated heterocycles. The highest BCUT2D eigenvalue weighted by Gasteiger charge is 2.30. The Hall–Kier alpha value is -2.23. The zero-order chi connectivity index (χ0) is 21.6. The smallest absolute Gasteiger partial charge is 0.416 e. The number of thioether (sulfide) groups is 1. The van der Waals surface area contributed by atoms with E-state index in [1.165, 1.54) is 24.6 Å². The summed E-state index contributed by atoms with van der Waals surface area (Å²) in [7, 11) is 0. The summed E-state index contributed by atoms with van der Waals surface area (Å²) in [5.74, 6) is 1.10. The first kappa shape index (κ1) is 25.0. The van der Waals surface area contributed by atoms with Gasteiger partial charge in [-0.3, -0.25) is 9.78 Å². The van der Waals surface area contributed by atoms with Crippen LogP contribution in [0.4, 0.5) is 13.2 Å². The number of rotatable bonds is 9. The van der Waals surface area contributed by atoms with Gasteiger partial charge in [-0.05, 0) is 43.2 Å². The molecule has 3 rings (SSSR count). The van der Waals surface area contributed by atoms with Crippen LogP contribution in [0.1, 0.15) is 30.6 Å². The Labute approximate surface area is 187 Å². The molecule has 5 nitrogen and oxygen atoms in total. The number of nitrogens with zero attached hydrogens (tertiary/aromatic N) is 1. The molecule has 0 atom stereocenters. The lowest BCUT2D eigenvalue weighted by Gasteiger charge is -2.10. The van der Waals surface area contributed by atoms with Crippen LogP contribution in [0.3, 0.4) is 0 Å². The second kappa shape index (κ2) is 11.4. The minimum Gasteiger partial charge on any atom is -0.487 e. The lowest BCUT2D eigenvalue weighted by atomic mass is 10.1. The van der Waals surface area contributed by atoms with E-state index >= 15 is 0 Å². The van der Waals surface area contributed by atoms with Crippen molar-refractivity contribution in [2.75, 3.05) is 12.4 Å². The summed E-state index contributed by atoms with van der Waals surface area (Å²) in [6.07, 6.45) is 0.830. The molecule has 31 heavy (non-hydrogen) atoms. The van der Waals surface area contributed by atoms with Crippen molar-refractivity contribution in [1.82, 2.24) is 4.98 Å². The van der Waals surface area contributed by atoms with E-state index in [0.29, 0.717) is 17.5 Å². The average molecular weight is 476 g/mol. The van der Waals surface area contributed by atoms with E-state index in [9.17, 15) is 18.0 Å². The zero-order valence-electron chi connectivity index (χ0n) is 16.4. The topological polar surface area (TPSA) is 72.6 Å². The summed E-state index contributed by atoms with van der Waals surface area (Å²) < 4.78 is 49.0. The molecule has 1 aromatic carbocycles. The van der Waals surface area contributed by atoms with Crippen LogP contribution in [-0.4, -0.2) is 22.5 Å². The van der Waals surface area contributed by atoms with Crippen molar-refractivity contribution in [2.24, 2.45) is 0 Å². The summed E-state index contributed by atoms with van der Waals surface area (Å²) in [4.78, 5) is 16.7. The molecule has 0 amide bonds. The van der Waals surface area contributed by atoms with Crippen molar-refractivity contribution in [3.8, 4) is 5.75 Å². The van der Waals surface area contributed by atoms with E-state index < -0.39 is 11.7 Å². The van der Waals surface area contributed by atoms with Gasteiger partial charge in [-0.1, -0.05) is 6.07 Å². The highest BCUT2D eigenvalue weighted by atomic mass is 35.5. The molecule has 0 aliphatic carbocycles. The van der Waals surface area contributed by atoms with E-state index in [2.05, 4.69) is 4.98 Å². The molecule has 168 valence electrons. The van der Waals surface area contributed by atoms with Gasteiger partial charge in [-0.25, -0.2) is 0 Å². The summed E-state index contributed by atoms with van der Waals surface area (Å²) in [5.41, 5.74) is -0.710. The molecule has 1 N–H and O–H groups in total. The van der Waals surface area contributed by atoms with Gasteiger partial charge in [0, 0.05) is 22.5 Å². The van der Waals surface area contributed by atoms with E-state index in [4.69, 9.17) is 14.3 Å². The fourth-order valence-electron chi connectivity index (χ4n) is 2.80. The van der Waals surface area contributed by atoms with Crippen LogP contribution in [-0.2, 0) is 12.8 Å². The highest BCUT2D eigenvalue weighted by Crippen LogP contribution is 2.33. The van der Waals surface area contributed by atoms with E-state index in [0.717, 1.165) is 42.0 Å². The molecule has 0 saturated carbocycles. The van der Waals surface area contributed by atoms with Crippen LogP contribution < -0.4 is 10.2 Å². The van der Waals surface area contributed by atoms with Gasteiger partial charge in [-0.15, -0.1) is 24.2 Å². The first-order valence-corrected chi connectivity index (χ1v) is 10.3. The molecule has 0 spiro atoms. The number of benzene rings is 1. The Morgan fingerprint density at radius 2 is 1.94 bits per heavy atom. The van der Waals surface area contributed by atoms with Crippen LogP contribution >= 0.6 is 24.2 Å². The number of ether oxygens (including phenoxy) is 1. The van der Waals surface area contributed by atoms with E-state index in [1.54, 1.807) is 17.8 Å². The summed E-state index contributed by atoms with van der Waals surface area (Å²) in [5, 5.41) is 9.62. The lowest BCUT2D eigenvalue weighted by molar-refractivity contribution is -0.137. The van der Waals surface area contributed by atoms with Crippen molar-refractivity contribution in [3.05, 3.63) is 64.3 Å². The van der Waals surface area contributed by atoms with Gasteiger partial charge in [0.1, 0.15) is 18.6 Å². The Balaban J connectivity index is 0.00000341. The number of unbranched alkanes of at least 4 members (excludes halogenated alkanes) is 2. The van der Waals surface area contributed by atoms with Gasteiger partial charge in [0.15, 0.2) is 0 Å². The minimum atomic E-state index is -4.39. The molecule has 0 aliphatic heterocycles. The maximum absolute atomic E-state index is 12.9. The van der Waals surface area contributed by atoms with Crippen molar-refractivity contribution in [1.29, 1.82) is 0 Å².